The molecule has 0 aliphatic heterocycles. The first-order chi connectivity index (χ1) is 10.5. The fourth-order valence-electron chi connectivity index (χ4n) is 2.58. The second-order valence-electron chi connectivity index (χ2n) is 5.33. The number of aliphatic carboxylic acids is 1. The van der Waals surface area contributed by atoms with Crippen LogP contribution in [0.2, 0.25) is 0 Å². The summed E-state index contributed by atoms with van der Waals surface area (Å²) in [5.74, 6) is -0.331. The molecule has 0 spiro atoms. The molecule has 1 fully saturated rings. The SMILES string of the molecule is COc1ccc(NC(=O)NC2CCC(C(=O)O)CC2)cc1Br. The summed E-state index contributed by atoms with van der Waals surface area (Å²) in [7, 11) is 1.58. The molecule has 1 aromatic carbocycles. The second-order valence-corrected chi connectivity index (χ2v) is 6.19. The summed E-state index contributed by atoms with van der Waals surface area (Å²) in [6.45, 7) is 0. The Hall–Kier alpha value is -1.76. The van der Waals surface area contributed by atoms with Crippen LogP contribution in [-0.2, 0) is 4.79 Å². The Morgan fingerprint density at radius 2 is 1.95 bits per heavy atom. The number of hydrogen-bond acceptors (Lipinski definition) is 3. The fourth-order valence-corrected chi connectivity index (χ4v) is 3.12. The maximum atomic E-state index is 12.0. The Balaban J connectivity index is 1.83. The highest BCUT2D eigenvalue weighted by atomic mass is 79.9. The Morgan fingerprint density at radius 1 is 1.27 bits per heavy atom. The summed E-state index contributed by atoms with van der Waals surface area (Å²) in [4.78, 5) is 22.9. The Labute approximate surface area is 137 Å². The van der Waals surface area contributed by atoms with Gasteiger partial charge in [-0.05, 0) is 59.8 Å². The monoisotopic (exact) mass is 370 g/mol. The zero-order chi connectivity index (χ0) is 16.1. The summed E-state index contributed by atoms with van der Waals surface area (Å²) >= 11 is 3.36. The molecule has 22 heavy (non-hydrogen) atoms. The van der Waals surface area contributed by atoms with E-state index in [0.29, 0.717) is 37.1 Å². The van der Waals surface area contributed by atoms with Gasteiger partial charge in [-0.1, -0.05) is 0 Å². The van der Waals surface area contributed by atoms with Crippen LogP contribution in [0.1, 0.15) is 25.7 Å². The molecular weight excluding hydrogens is 352 g/mol. The summed E-state index contributed by atoms with van der Waals surface area (Å²) < 4.78 is 5.89. The molecule has 1 saturated carbocycles. The summed E-state index contributed by atoms with van der Waals surface area (Å²) in [6.07, 6.45) is 2.59. The van der Waals surface area contributed by atoms with Crippen molar-refractivity contribution in [2.24, 2.45) is 5.92 Å². The van der Waals surface area contributed by atoms with Crippen LogP contribution in [0.3, 0.4) is 0 Å². The molecule has 1 aliphatic rings. The molecule has 3 N–H and O–H groups in total. The molecule has 120 valence electrons. The number of nitrogens with one attached hydrogen (secondary N) is 2. The minimum Gasteiger partial charge on any atom is -0.496 e. The molecule has 1 aliphatic carbocycles. The first-order valence-corrected chi connectivity index (χ1v) is 7.92. The molecule has 0 unspecified atom stereocenters. The maximum Gasteiger partial charge on any atom is 0.319 e. The predicted octanol–water partition coefficient (Wildman–Crippen LogP) is 3.22. The highest BCUT2D eigenvalue weighted by Crippen LogP contribution is 2.28. The first kappa shape index (κ1) is 16.6. The van der Waals surface area contributed by atoms with Crippen molar-refractivity contribution >= 4 is 33.6 Å². The zero-order valence-corrected chi connectivity index (χ0v) is 13.9. The van der Waals surface area contributed by atoms with Crippen molar-refractivity contribution in [3.05, 3.63) is 22.7 Å². The van der Waals surface area contributed by atoms with Crippen molar-refractivity contribution in [3.8, 4) is 5.75 Å². The smallest absolute Gasteiger partial charge is 0.319 e. The van der Waals surface area contributed by atoms with E-state index in [1.807, 2.05) is 0 Å². The van der Waals surface area contributed by atoms with Crippen molar-refractivity contribution in [3.63, 3.8) is 0 Å². The quantitative estimate of drug-likeness (QED) is 0.759. The fraction of sp³-hybridized carbons (Fsp3) is 0.467. The normalized spacial score (nSPS) is 21.0. The van der Waals surface area contributed by atoms with E-state index in [4.69, 9.17) is 9.84 Å². The third-order valence-electron chi connectivity index (χ3n) is 3.82. The molecule has 0 radical (unpaired) electrons. The van der Waals surface area contributed by atoms with Gasteiger partial charge in [0, 0.05) is 11.7 Å². The van der Waals surface area contributed by atoms with Crippen molar-refractivity contribution in [1.29, 1.82) is 0 Å². The number of halogens is 1. The number of rotatable bonds is 4. The van der Waals surface area contributed by atoms with E-state index in [-0.39, 0.29) is 18.0 Å². The maximum absolute atomic E-state index is 12.0. The largest absolute Gasteiger partial charge is 0.496 e. The Morgan fingerprint density at radius 3 is 2.50 bits per heavy atom. The van der Waals surface area contributed by atoms with Crippen LogP contribution in [-0.4, -0.2) is 30.3 Å². The van der Waals surface area contributed by atoms with Crippen LogP contribution in [0.5, 0.6) is 5.75 Å². The molecule has 0 heterocycles. The number of methoxy groups -OCH3 is 1. The molecular formula is C15H19BrN2O4. The van der Waals surface area contributed by atoms with E-state index in [9.17, 15) is 9.59 Å². The number of amides is 2. The standard InChI is InChI=1S/C15H19BrN2O4/c1-22-13-7-6-11(8-12(13)16)18-15(21)17-10-4-2-9(3-5-10)14(19)20/h6-10H,2-5H2,1H3,(H,19,20)(H2,17,18,21). The third-order valence-corrected chi connectivity index (χ3v) is 4.44. The highest BCUT2D eigenvalue weighted by Gasteiger charge is 2.26. The number of carbonyl (C=O) groups excluding carboxylic acids is 1. The van der Waals surface area contributed by atoms with Crippen molar-refractivity contribution in [2.45, 2.75) is 31.7 Å². The van der Waals surface area contributed by atoms with E-state index in [1.165, 1.54) is 0 Å². The van der Waals surface area contributed by atoms with Crippen molar-refractivity contribution in [2.75, 3.05) is 12.4 Å². The number of benzene rings is 1. The van der Waals surface area contributed by atoms with Crippen LogP contribution in [0.15, 0.2) is 22.7 Å². The van der Waals surface area contributed by atoms with Gasteiger partial charge in [0.05, 0.1) is 17.5 Å². The van der Waals surface area contributed by atoms with E-state index in [0.717, 1.165) is 4.47 Å². The highest BCUT2D eigenvalue weighted by molar-refractivity contribution is 9.10. The second kappa shape index (κ2) is 7.49. The van der Waals surface area contributed by atoms with Gasteiger partial charge >= 0.3 is 12.0 Å². The average Bonchev–Trinajstić information content (AvgIpc) is 2.48. The van der Waals surface area contributed by atoms with Gasteiger partial charge in [0.1, 0.15) is 5.75 Å². The molecule has 0 atom stereocenters. The number of carbonyl (C=O) groups is 2. The van der Waals surface area contributed by atoms with Crippen LogP contribution in [0.25, 0.3) is 0 Å². The van der Waals surface area contributed by atoms with Crippen molar-refractivity contribution < 1.29 is 19.4 Å². The average molecular weight is 371 g/mol. The summed E-state index contributed by atoms with van der Waals surface area (Å²) in [5, 5.41) is 14.6. The van der Waals surface area contributed by atoms with Crippen molar-refractivity contribution in [1.82, 2.24) is 5.32 Å². The van der Waals surface area contributed by atoms with Gasteiger partial charge in [-0.25, -0.2) is 4.79 Å². The van der Waals surface area contributed by atoms with E-state index < -0.39 is 5.97 Å². The minimum atomic E-state index is -0.744. The van der Waals surface area contributed by atoms with Gasteiger partial charge in [-0.2, -0.15) is 0 Å². The minimum absolute atomic E-state index is 0.0253. The lowest BCUT2D eigenvalue weighted by molar-refractivity contribution is -0.142. The van der Waals surface area contributed by atoms with Gasteiger partial charge in [0.2, 0.25) is 0 Å². The van der Waals surface area contributed by atoms with Crippen LogP contribution >= 0.6 is 15.9 Å². The van der Waals surface area contributed by atoms with Gasteiger partial charge in [-0.15, -0.1) is 0 Å². The Kier molecular flexibility index (Phi) is 5.65. The molecule has 1 aromatic rings. The zero-order valence-electron chi connectivity index (χ0n) is 12.3. The first-order valence-electron chi connectivity index (χ1n) is 7.13. The molecule has 6 nitrogen and oxygen atoms in total. The van der Waals surface area contributed by atoms with Gasteiger partial charge < -0.3 is 20.5 Å². The molecule has 0 saturated heterocycles. The number of anilines is 1. The molecule has 2 rings (SSSR count). The number of carboxylic acids is 1. The topological polar surface area (TPSA) is 87.7 Å². The van der Waals surface area contributed by atoms with Gasteiger partial charge in [0.25, 0.3) is 0 Å². The van der Waals surface area contributed by atoms with Crippen LogP contribution < -0.4 is 15.4 Å². The lowest BCUT2D eigenvalue weighted by Crippen LogP contribution is -2.40. The summed E-state index contributed by atoms with van der Waals surface area (Å²) in [5.41, 5.74) is 0.657. The summed E-state index contributed by atoms with van der Waals surface area (Å²) in [6, 6.07) is 5.02. The van der Waals surface area contributed by atoms with Gasteiger partial charge in [-0.3, -0.25) is 4.79 Å². The number of carboxylic acid groups (broad SMARTS) is 1. The van der Waals surface area contributed by atoms with Crippen LogP contribution in [0, 0.1) is 5.92 Å². The number of ether oxygens (including phenoxy) is 1. The lowest BCUT2D eigenvalue weighted by atomic mass is 9.86. The van der Waals surface area contributed by atoms with E-state index in [2.05, 4.69) is 26.6 Å². The molecule has 0 aromatic heterocycles. The predicted molar refractivity (Wildman–Crippen MR) is 86.2 cm³/mol. The lowest BCUT2D eigenvalue weighted by Gasteiger charge is -2.26. The van der Waals surface area contributed by atoms with E-state index >= 15 is 0 Å². The number of hydrogen-bond donors (Lipinski definition) is 3. The molecule has 7 heteroatoms. The Bertz CT molecular complexity index is 556. The molecule has 2 amide bonds. The molecule has 0 bridgehead atoms. The van der Waals surface area contributed by atoms with Crippen LogP contribution in [0.4, 0.5) is 10.5 Å². The van der Waals surface area contributed by atoms with Gasteiger partial charge in [0.15, 0.2) is 0 Å². The number of urea groups is 1. The third kappa shape index (κ3) is 4.37. The van der Waals surface area contributed by atoms with E-state index in [1.54, 1.807) is 25.3 Å².